The topological polar surface area (TPSA) is 47.6 Å². The number of hydrogen-bond donors (Lipinski definition) is 1. The molecule has 1 amide bonds. The van der Waals surface area contributed by atoms with E-state index in [2.05, 4.69) is 35.1 Å². The quantitative estimate of drug-likeness (QED) is 0.583. The molecule has 0 radical (unpaired) electrons. The van der Waals surface area contributed by atoms with Gasteiger partial charge in [0.1, 0.15) is 5.75 Å². The van der Waals surface area contributed by atoms with Crippen molar-refractivity contribution in [2.75, 3.05) is 18.5 Å². The second-order valence-corrected chi connectivity index (χ2v) is 7.46. The molecule has 25 heavy (non-hydrogen) atoms. The highest BCUT2D eigenvalue weighted by molar-refractivity contribution is 9.10. The van der Waals surface area contributed by atoms with Crippen LogP contribution < -0.4 is 14.8 Å². The predicted molar refractivity (Wildman–Crippen MR) is 105 cm³/mol. The smallest absolute Gasteiger partial charge is 0.262 e. The lowest BCUT2D eigenvalue weighted by atomic mass is 10.2. The van der Waals surface area contributed by atoms with Crippen LogP contribution in [0.15, 0.2) is 40.9 Å². The van der Waals surface area contributed by atoms with Crippen LogP contribution in [0.4, 0.5) is 5.69 Å². The number of anilines is 1. The zero-order valence-corrected chi connectivity index (χ0v) is 16.9. The SMILES string of the molecule is CC(C)COc1ccc(NC(=O)COc2c(Cl)cc(Cl)cc2Br)cc1. The van der Waals surface area contributed by atoms with Gasteiger partial charge in [-0.2, -0.15) is 0 Å². The van der Waals surface area contributed by atoms with Crippen LogP contribution in [0.25, 0.3) is 0 Å². The molecule has 0 aliphatic rings. The second kappa shape index (κ2) is 9.32. The van der Waals surface area contributed by atoms with Crippen molar-refractivity contribution in [3.05, 3.63) is 50.9 Å². The first-order valence-corrected chi connectivity index (χ1v) is 9.20. The van der Waals surface area contributed by atoms with Gasteiger partial charge in [0.25, 0.3) is 5.91 Å². The first kappa shape index (κ1) is 19.9. The summed E-state index contributed by atoms with van der Waals surface area (Å²) in [6.45, 7) is 4.64. The van der Waals surface area contributed by atoms with E-state index in [-0.39, 0.29) is 12.5 Å². The molecule has 0 unspecified atom stereocenters. The Morgan fingerprint density at radius 1 is 1.16 bits per heavy atom. The minimum absolute atomic E-state index is 0.175. The number of amides is 1. The summed E-state index contributed by atoms with van der Waals surface area (Å²) in [5.74, 6) is 1.29. The fourth-order valence-electron chi connectivity index (χ4n) is 1.90. The van der Waals surface area contributed by atoms with Crippen molar-refractivity contribution < 1.29 is 14.3 Å². The maximum Gasteiger partial charge on any atom is 0.262 e. The van der Waals surface area contributed by atoms with Crippen LogP contribution in [-0.4, -0.2) is 19.1 Å². The Kier molecular flexibility index (Phi) is 7.41. The molecule has 0 spiro atoms. The van der Waals surface area contributed by atoms with E-state index in [1.165, 1.54) is 0 Å². The molecular weight excluding hydrogens is 429 g/mol. The summed E-state index contributed by atoms with van der Waals surface area (Å²) < 4.78 is 11.7. The van der Waals surface area contributed by atoms with Gasteiger partial charge in [0.05, 0.1) is 16.1 Å². The van der Waals surface area contributed by atoms with Gasteiger partial charge in [-0.25, -0.2) is 0 Å². The Hall–Kier alpha value is -1.43. The van der Waals surface area contributed by atoms with Crippen LogP contribution in [0, 0.1) is 5.92 Å². The van der Waals surface area contributed by atoms with Crippen molar-refractivity contribution in [2.45, 2.75) is 13.8 Å². The monoisotopic (exact) mass is 445 g/mol. The summed E-state index contributed by atoms with van der Waals surface area (Å²) in [7, 11) is 0. The summed E-state index contributed by atoms with van der Waals surface area (Å²) in [5, 5.41) is 3.56. The summed E-state index contributed by atoms with van der Waals surface area (Å²) in [4.78, 5) is 12.0. The molecule has 2 rings (SSSR count). The third-order valence-corrected chi connectivity index (χ3v) is 4.12. The number of halogens is 3. The fourth-order valence-corrected chi connectivity index (χ4v) is 3.27. The maximum atomic E-state index is 12.0. The molecule has 4 nitrogen and oxygen atoms in total. The summed E-state index contributed by atoms with van der Waals surface area (Å²) in [6.07, 6.45) is 0. The van der Waals surface area contributed by atoms with Crippen LogP contribution in [0.2, 0.25) is 10.0 Å². The largest absolute Gasteiger partial charge is 0.493 e. The van der Waals surface area contributed by atoms with Gasteiger partial charge in [-0.1, -0.05) is 37.0 Å². The average Bonchev–Trinajstić information content (AvgIpc) is 2.53. The third-order valence-electron chi connectivity index (χ3n) is 3.03. The van der Waals surface area contributed by atoms with Crippen molar-refractivity contribution in [2.24, 2.45) is 5.92 Å². The van der Waals surface area contributed by atoms with Gasteiger partial charge >= 0.3 is 0 Å². The predicted octanol–water partition coefficient (Wildman–Crippen LogP) is 5.81. The van der Waals surface area contributed by atoms with Gasteiger partial charge in [-0.05, 0) is 58.2 Å². The molecular formula is C18H18BrCl2NO3. The van der Waals surface area contributed by atoms with E-state index >= 15 is 0 Å². The lowest BCUT2D eigenvalue weighted by Crippen LogP contribution is -2.20. The second-order valence-electron chi connectivity index (χ2n) is 5.76. The van der Waals surface area contributed by atoms with Crippen molar-refractivity contribution in [3.8, 4) is 11.5 Å². The summed E-state index contributed by atoms with van der Waals surface area (Å²) >= 11 is 15.3. The first-order valence-electron chi connectivity index (χ1n) is 7.65. The average molecular weight is 447 g/mol. The fraction of sp³-hybridized carbons (Fsp3) is 0.278. The molecule has 0 saturated carbocycles. The number of hydrogen-bond acceptors (Lipinski definition) is 3. The van der Waals surface area contributed by atoms with E-state index in [9.17, 15) is 4.79 Å². The summed E-state index contributed by atoms with van der Waals surface area (Å²) in [6, 6.07) is 10.4. The first-order chi connectivity index (χ1) is 11.8. The van der Waals surface area contributed by atoms with E-state index < -0.39 is 0 Å². The minimum Gasteiger partial charge on any atom is -0.493 e. The maximum absolute atomic E-state index is 12.0. The van der Waals surface area contributed by atoms with Crippen molar-refractivity contribution in [3.63, 3.8) is 0 Å². The standard InChI is InChI=1S/C18H18BrCl2NO3/c1-11(2)9-24-14-5-3-13(4-6-14)22-17(23)10-25-18-15(19)7-12(20)8-16(18)21/h3-8,11H,9-10H2,1-2H3,(H,22,23). The molecule has 1 N–H and O–H groups in total. The molecule has 0 aromatic heterocycles. The van der Waals surface area contributed by atoms with E-state index in [0.29, 0.717) is 38.5 Å². The van der Waals surface area contributed by atoms with Gasteiger partial charge in [-0.3, -0.25) is 4.79 Å². The number of ether oxygens (including phenoxy) is 2. The number of carbonyl (C=O) groups excluding carboxylic acids is 1. The number of benzene rings is 2. The molecule has 0 aliphatic heterocycles. The van der Waals surface area contributed by atoms with Crippen molar-refractivity contribution in [1.82, 2.24) is 0 Å². The molecule has 0 fully saturated rings. The van der Waals surface area contributed by atoms with Gasteiger partial charge in [-0.15, -0.1) is 0 Å². The van der Waals surface area contributed by atoms with Crippen LogP contribution in [0.5, 0.6) is 11.5 Å². The van der Waals surface area contributed by atoms with Crippen LogP contribution in [0.3, 0.4) is 0 Å². The van der Waals surface area contributed by atoms with Crippen LogP contribution >= 0.6 is 39.1 Å². The van der Waals surface area contributed by atoms with E-state index in [1.54, 1.807) is 24.3 Å². The molecule has 0 aliphatic carbocycles. The Morgan fingerprint density at radius 2 is 1.84 bits per heavy atom. The van der Waals surface area contributed by atoms with Gasteiger partial charge in [0.15, 0.2) is 12.4 Å². The zero-order chi connectivity index (χ0) is 18.4. The Morgan fingerprint density at radius 3 is 2.44 bits per heavy atom. The van der Waals surface area contributed by atoms with Crippen LogP contribution in [0.1, 0.15) is 13.8 Å². The van der Waals surface area contributed by atoms with E-state index in [1.807, 2.05) is 12.1 Å². The number of rotatable bonds is 7. The van der Waals surface area contributed by atoms with E-state index in [4.69, 9.17) is 32.7 Å². The van der Waals surface area contributed by atoms with E-state index in [0.717, 1.165) is 5.75 Å². The van der Waals surface area contributed by atoms with Crippen molar-refractivity contribution >= 4 is 50.7 Å². The number of carbonyl (C=O) groups is 1. The van der Waals surface area contributed by atoms with Crippen molar-refractivity contribution in [1.29, 1.82) is 0 Å². The van der Waals surface area contributed by atoms with Crippen LogP contribution in [-0.2, 0) is 4.79 Å². The molecule has 0 atom stereocenters. The normalized spacial score (nSPS) is 10.6. The lowest BCUT2D eigenvalue weighted by molar-refractivity contribution is -0.118. The number of nitrogens with one attached hydrogen (secondary N) is 1. The molecule has 0 heterocycles. The Labute approximate surface area is 165 Å². The van der Waals surface area contributed by atoms with Gasteiger partial charge < -0.3 is 14.8 Å². The molecule has 2 aromatic rings. The Balaban J connectivity index is 1.88. The lowest BCUT2D eigenvalue weighted by Gasteiger charge is -2.12. The highest BCUT2D eigenvalue weighted by Crippen LogP contribution is 2.36. The summed E-state index contributed by atoms with van der Waals surface area (Å²) in [5.41, 5.74) is 0.659. The molecule has 0 bridgehead atoms. The van der Waals surface area contributed by atoms with Gasteiger partial charge in [0.2, 0.25) is 0 Å². The zero-order valence-electron chi connectivity index (χ0n) is 13.8. The molecule has 0 saturated heterocycles. The third kappa shape index (κ3) is 6.42. The molecule has 134 valence electrons. The minimum atomic E-state index is -0.297. The highest BCUT2D eigenvalue weighted by Gasteiger charge is 2.11. The molecule has 7 heteroatoms. The van der Waals surface area contributed by atoms with Gasteiger partial charge in [0, 0.05) is 10.7 Å². The Bertz CT molecular complexity index is 713. The molecule has 2 aromatic carbocycles. The highest BCUT2D eigenvalue weighted by atomic mass is 79.9.